The molecule has 2 aromatic heterocycles. The van der Waals surface area contributed by atoms with Crippen LogP contribution in [0.25, 0.3) is 20.8 Å². The second-order valence-corrected chi connectivity index (χ2v) is 10.2. The summed E-state index contributed by atoms with van der Waals surface area (Å²) in [4.78, 5) is 19.4. The Balaban J connectivity index is 1.41. The smallest absolute Gasteiger partial charge is 0.256 e. The fraction of sp³-hybridized carbons (Fsp3) is 0.250. The molecule has 0 saturated carbocycles. The van der Waals surface area contributed by atoms with Gasteiger partial charge in [-0.1, -0.05) is 19.1 Å². The Hall–Kier alpha value is -2.90. The molecule has 2 aliphatic rings. The lowest BCUT2D eigenvalue weighted by molar-refractivity contribution is 0.102. The summed E-state index contributed by atoms with van der Waals surface area (Å²) in [5, 5.41) is 5.05. The van der Waals surface area contributed by atoms with E-state index in [0.717, 1.165) is 45.1 Å². The number of ether oxygens (including phenoxy) is 2. The molecule has 3 heterocycles. The first-order valence-electron chi connectivity index (χ1n) is 10.4. The van der Waals surface area contributed by atoms with Crippen molar-refractivity contribution in [1.29, 1.82) is 0 Å². The fourth-order valence-electron chi connectivity index (χ4n) is 4.26. The predicted molar refractivity (Wildman–Crippen MR) is 125 cm³/mol. The maximum absolute atomic E-state index is 13.1. The molecule has 1 N–H and O–H groups in total. The third kappa shape index (κ3) is 3.28. The number of benzene rings is 2. The minimum atomic E-state index is -0.146. The molecule has 1 amide bonds. The highest BCUT2D eigenvalue weighted by Gasteiger charge is 2.28. The van der Waals surface area contributed by atoms with E-state index in [1.807, 2.05) is 18.2 Å². The zero-order valence-electron chi connectivity index (χ0n) is 16.9. The van der Waals surface area contributed by atoms with E-state index in [-0.39, 0.29) is 12.7 Å². The molecule has 1 atom stereocenters. The molecular formula is C24H20N2O3S2. The molecule has 7 heteroatoms. The number of rotatable bonds is 3. The summed E-state index contributed by atoms with van der Waals surface area (Å²) in [7, 11) is 0. The number of carbonyl (C=O) groups is 1. The van der Waals surface area contributed by atoms with Crippen molar-refractivity contribution in [3.8, 4) is 22.1 Å². The normalized spacial score (nSPS) is 17.0. The number of anilines is 1. The number of amides is 1. The van der Waals surface area contributed by atoms with Crippen molar-refractivity contribution in [2.24, 2.45) is 5.92 Å². The van der Waals surface area contributed by atoms with Crippen LogP contribution in [0.1, 0.15) is 34.1 Å². The van der Waals surface area contributed by atoms with Crippen LogP contribution in [0.4, 0.5) is 5.00 Å². The van der Waals surface area contributed by atoms with Gasteiger partial charge in [-0.2, -0.15) is 0 Å². The molecule has 5 nitrogen and oxygen atoms in total. The van der Waals surface area contributed by atoms with Crippen molar-refractivity contribution in [1.82, 2.24) is 4.98 Å². The van der Waals surface area contributed by atoms with Crippen LogP contribution in [0.5, 0.6) is 11.5 Å². The maximum Gasteiger partial charge on any atom is 0.256 e. The van der Waals surface area contributed by atoms with Crippen molar-refractivity contribution < 1.29 is 14.3 Å². The van der Waals surface area contributed by atoms with Crippen LogP contribution in [0.2, 0.25) is 0 Å². The molecule has 0 spiro atoms. The molecule has 31 heavy (non-hydrogen) atoms. The van der Waals surface area contributed by atoms with Gasteiger partial charge in [-0.15, -0.1) is 22.7 Å². The van der Waals surface area contributed by atoms with E-state index in [9.17, 15) is 4.79 Å². The zero-order valence-corrected chi connectivity index (χ0v) is 18.6. The molecule has 1 aliphatic heterocycles. The van der Waals surface area contributed by atoms with Crippen molar-refractivity contribution in [3.05, 3.63) is 58.5 Å². The number of hydrogen-bond acceptors (Lipinski definition) is 6. The summed E-state index contributed by atoms with van der Waals surface area (Å²) >= 11 is 3.39. The molecule has 0 radical (unpaired) electrons. The summed E-state index contributed by atoms with van der Waals surface area (Å²) in [6.45, 7) is 2.49. The molecule has 1 aliphatic carbocycles. The summed E-state index contributed by atoms with van der Waals surface area (Å²) in [5.74, 6) is 1.80. The van der Waals surface area contributed by atoms with Crippen molar-refractivity contribution >= 4 is 43.8 Å². The molecule has 2 aromatic carbocycles. The molecule has 6 rings (SSSR count). The van der Waals surface area contributed by atoms with E-state index < -0.39 is 0 Å². The molecule has 0 saturated heterocycles. The van der Waals surface area contributed by atoms with Gasteiger partial charge in [-0.05, 0) is 61.1 Å². The number of nitrogens with one attached hydrogen (secondary N) is 1. The molecule has 156 valence electrons. The Morgan fingerprint density at radius 3 is 2.90 bits per heavy atom. The SMILES string of the molecule is C[C@@H]1CCc2c(sc(NC(=O)c3ccc4c(c3)OCO4)c2-c2nc3ccccc3s2)C1. The Morgan fingerprint density at radius 2 is 2.00 bits per heavy atom. The molecular weight excluding hydrogens is 428 g/mol. The highest BCUT2D eigenvalue weighted by atomic mass is 32.1. The van der Waals surface area contributed by atoms with Gasteiger partial charge in [0.25, 0.3) is 5.91 Å². The highest BCUT2D eigenvalue weighted by Crippen LogP contribution is 2.47. The molecule has 4 aromatic rings. The minimum absolute atomic E-state index is 0.146. The average Bonchev–Trinajstić information content (AvgIpc) is 3.48. The minimum Gasteiger partial charge on any atom is -0.454 e. The van der Waals surface area contributed by atoms with Crippen LogP contribution in [0, 0.1) is 5.92 Å². The number of aromatic nitrogens is 1. The van der Waals surface area contributed by atoms with E-state index >= 15 is 0 Å². The Bertz CT molecular complexity index is 1290. The zero-order chi connectivity index (χ0) is 20.9. The maximum atomic E-state index is 13.1. The number of thiophene rings is 1. The van der Waals surface area contributed by atoms with Crippen LogP contribution < -0.4 is 14.8 Å². The Labute approximate surface area is 187 Å². The standard InChI is InChI=1S/C24H20N2O3S2/c1-13-6-8-15-20(10-13)31-24(21(15)23-25-16-4-2-3-5-19(16)30-23)26-22(27)14-7-9-17-18(11-14)29-12-28-17/h2-5,7,9,11,13H,6,8,10,12H2,1H3,(H,26,27)/t13-/m1/s1. The van der Waals surface area contributed by atoms with Gasteiger partial charge in [0.05, 0.1) is 10.2 Å². The number of fused-ring (bicyclic) bond motifs is 3. The van der Waals surface area contributed by atoms with E-state index in [1.54, 1.807) is 40.9 Å². The van der Waals surface area contributed by atoms with Gasteiger partial charge in [0, 0.05) is 16.0 Å². The van der Waals surface area contributed by atoms with E-state index in [4.69, 9.17) is 14.5 Å². The third-order valence-electron chi connectivity index (χ3n) is 5.88. The highest BCUT2D eigenvalue weighted by molar-refractivity contribution is 7.23. The summed E-state index contributed by atoms with van der Waals surface area (Å²) in [5.41, 5.74) is 4.00. The largest absolute Gasteiger partial charge is 0.454 e. The lowest BCUT2D eigenvalue weighted by Crippen LogP contribution is -2.12. The monoisotopic (exact) mass is 448 g/mol. The van der Waals surface area contributed by atoms with Gasteiger partial charge in [0.15, 0.2) is 11.5 Å². The summed E-state index contributed by atoms with van der Waals surface area (Å²) in [6, 6.07) is 13.5. The summed E-state index contributed by atoms with van der Waals surface area (Å²) in [6.07, 6.45) is 3.24. The average molecular weight is 449 g/mol. The van der Waals surface area contributed by atoms with Crippen LogP contribution in [-0.2, 0) is 12.8 Å². The first-order valence-corrected chi connectivity index (χ1v) is 12.0. The summed E-state index contributed by atoms with van der Waals surface area (Å²) < 4.78 is 12.0. The van der Waals surface area contributed by atoms with Crippen molar-refractivity contribution in [3.63, 3.8) is 0 Å². The van der Waals surface area contributed by atoms with Crippen molar-refractivity contribution in [2.45, 2.75) is 26.2 Å². The lowest BCUT2D eigenvalue weighted by Gasteiger charge is -2.18. The molecule has 0 bridgehead atoms. The first kappa shape index (κ1) is 18.8. The van der Waals surface area contributed by atoms with Gasteiger partial charge in [0.2, 0.25) is 6.79 Å². The van der Waals surface area contributed by atoms with Crippen LogP contribution in [-0.4, -0.2) is 17.7 Å². The molecule has 0 unspecified atom stereocenters. The number of para-hydroxylation sites is 1. The number of hydrogen-bond donors (Lipinski definition) is 1. The fourth-order valence-corrected chi connectivity index (χ4v) is 6.77. The van der Waals surface area contributed by atoms with Gasteiger partial charge < -0.3 is 14.8 Å². The number of thiazole rings is 1. The van der Waals surface area contributed by atoms with Gasteiger partial charge in [0.1, 0.15) is 10.0 Å². The van der Waals surface area contributed by atoms with Crippen LogP contribution in [0.3, 0.4) is 0 Å². The third-order valence-corrected chi connectivity index (χ3v) is 8.10. The van der Waals surface area contributed by atoms with Crippen molar-refractivity contribution in [2.75, 3.05) is 12.1 Å². The quantitative estimate of drug-likeness (QED) is 0.409. The molecule has 0 fully saturated rings. The van der Waals surface area contributed by atoms with Gasteiger partial charge in [-0.3, -0.25) is 4.79 Å². The first-order chi connectivity index (χ1) is 15.2. The predicted octanol–water partition coefficient (Wildman–Crippen LogP) is 6.13. The van der Waals surface area contributed by atoms with E-state index in [1.165, 1.54) is 10.4 Å². The lowest BCUT2D eigenvalue weighted by atomic mass is 9.88. The second kappa shape index (κ2) is 7.35. The number of carbonyl (C=O) groups excluding carboxylic acids is 1. The second-order valence-electron chi connectivity index (χ2n) is 8.06. The van der Waals surface area contributed by atoms with E-state index in [0.29, 0.717) is 23.0 Å². The van der Waals surface area contributed by atoms with Gasteiger partial charge in [-0.25, -0.2) is 4.98 Å². The van der Waals surface area contributed by atoms with E-state index in [2.05, 4.69) is 18.3 Å². The van der Waals surface area contributed by atoms with Crippen LogP contribution >= 0.6 is 22.7 Å². The number of nitrogens with zero attached hydrogens (tertiary/aromatic N) is 1. The topological polar surface area (TPSA) is 60.5 Å². The van der Waals surface area contributed by atoms with Crippen LogP contribution in [0.15, 0.2) is 42.5 Å². The Morgan fingerprint density at radius 1 is 1.13 bits per heavy atom. The van der Waals surface area contributed by atoms with Gasteiger partial charge >= 0.3 is 0 Å². The Kier molecular flexibility index (Phi) is 4.47.